The third kappa shape index (κ3) is 5.42. The molecule has 0 unspecified atom stereocenters. The summed E-state index contributed by atoms with van der Waals surface area (Å²) in [6.45, 7) is 2.19. The Morgan fingerprint density at radius 1 is 1.03 bits per heavy atom. The number of hydrogen-bond donors (Lipinski definition) is 3. The normalized spacial score (nSPS) is 24.7. The van der Waals surface area contributed by atoms with Crippen molar-refractivity contribution in [2.24, 2.45) is 5.41 Å². The minimum atomic E-state index is -0.446. The number of hydrogen-bond acceptors (Lipinski definition) is 4. The van der Waals surface area contributed by atoms with Crippen molar-refractivity contribution in [1.29, 1.82) is 0 Å². The topological polar surface area (TPSA) is 69.9 Å². The van der Waals surface area contributed by atoms with Gasteiger partial charge in [0, 0.05) is 18.4 Å². The fourth-order valence-corrected chi connectivity index (χ4v) is 4.91. The van der Waals surface area contributed by atoms with Crippen LogP contribution in [0.1, 0.15) is 72.4 Å². The summed E-state index contributed by atoms with van der Waals surface area (Å²) >= 11 is 0. The molecule has 170 valence electrons. The Balaban J connectivity index is 1.47. The summed E-state index contributed by atoms with van der Waals surface area (Å²) < 4.78 is 6.00. The number of aliphatic hydroxyl groups is 3. The molecule has 2 aromatic carbocycles. The second-order valence-corrected chi connectivity index (χ2v) is 9.51. The van der Waals surface area contributed by atoms with Crippen LogP contribution in [0.3, 0.4) is 0 Å². The van der Waals surface area contributed by atoms with Crippen LogP contribution in [0.4, 0.5) is 0 Å². The summed E-state index contributed by atoms with van der Waals surface area (Å²) in [5.74, 6) is 6.62. The van der Waals surface area contributed by atoms with Crippen molar-refractivity contribution in [3.63, 3.8) is 0 Å². The lowest BCUT2D eigenvalue weighted by Crippen LogP contribution is -2.33. The summed E-state index contributed by atoms with van der Waals surface area (Å²) in [5, 5.41) is 29.4. The zero-order valence-corrected chi connectivity index (χ0v) is 18.9. The molecule has 4 heteroatoms. The van der Waals surface area contributed by atoms with Crippen molar-refractivity contribution in [3.8, 4) is 11.8 Å². The molecule has 0 aromatic heterocycles. The third-order valence-electron chi connectivity index (χ3n) is 7.01. The molecular formula is C28H34O4. The Hall–Kier alpha value is -2.16. The van der Waals surface area contributed by atoms with Gasteiger partial charge < -0.3 is 20.1 Å². The van der Waals surface area contributed by atoms with Crippen LogP contribution in [0.2, 0.25) is 0 Å². The molecule has 4 nitrogen and oxygen atoms in total. The zero-order valence-electron chi connectivity index (χ0n) is 18.9. The quantitative estimate of drug-likeness (QED) is 0.621. The van der Waals surface area contributed by atoms with Gasteiger partial charge in [-0.1, -0.05) is 55.0 Å². The van der Waals surface area contributed by atoms with Crippen molar-refractivity contribution in [2.45, 2.75) is 70.2 Å². The number of rotatable bonds is 5. The molecule has 32 heavy (non-hydrogen) atoms. The van der Waals surface area contributed by atoms with Gasteiger partial charge in [-0.15, -0.1) is 0 Å². The van der Waals surface area contributed by atoms with Crippen LogP contribution >= 0.6 is 0 Å². The molecule has 2 aromatic rings. The van der Waals surface area contributed by atoms with Crippen molar-refractivity contribution >= 4 is 0 Å². The van der Waals surface area contributed by atoms with Gasteiger partial charge >= 0.3 is 0 Å². The van der Waals surface area contributed by atoms with Gasteiger partial charge in [0.15, 0.2) is 0 Å². The minimum absolute atomic E-state index is 0.0685. The molecule has 0 radical (unpaired) electrons. The summed E-state index contributed by atoms with van der Waals surface area (Å²) in [7, 11) is 0. The van der Waals surface area contributed by atoms with E-state index in [0.29, 0.717) is 12.8 Å². The van der Waals surface area contributed by atoms with Crippen LogP contribution < -0.4 is 0 Å². The first-order valence-corrected chi connectivity index (χ1v) is 11.8. The molecule has 1 saturated carbocycles. The van der Waals surface area contributed by atoms with Crippen LogP contribution in [0.25, 0.3) is 0 Å². The molecule has 0 spiro atoms. The van der Waals surface area contributed by atoms with Crippen molar-refractivity contribution in [2.75, 3.05) is 13.2 Å². The second kappa shape index (κ2) is 10.2. The molecule has 2 fully saturated rings. The smallest absolute Gasteiger partial charge is 0.0854 e. The van der Waals surface area contributed by atoms with E-state index >= 15 is 0 Å². The van der Waals surface area contributed by atoms with Gasteiger partial charge in [-0.2, -0.15) is 0 Å². The van der Waals surface area contributed by atoms with E-state index in [4.69, 9.17) is 4.74 Å². The molecule has 1 aliphatic carbocycles. The number of ether oxygens (including phenoxy) is 1. The van der Waals surface area contributed by atoms with Crippen LogP contribution in [0.5, 0.6) is 0 Å². The van der Waals surface area contributed by atoms with Crippen LogP contribution in [0.15, 0.2) is 42.5 Å². The molecule has 0 amide bonds. The standard InChI is InChI=1S/C28H34O4/c1-20-4-9-23(27-17-25(31)16-26(18-29)32-27)15-24(20)14-22-7-5-21(6-8-22)10-13-28(19-30)11-2-3-12-28/h4-9,15,25-27,29-31H,2-3,11-12,14,16-19H2,1H3/t25-,26-,27+/m0/s1. The van der Waals surface area contributed by atoms with E-state index < -0.39 is 6.10 Å². The minimum Gasteiger partial charge on any atom is -0.395 e. The first-order valence-electron chi connectivity index (χ1n) is 11.8. The van der Waals surface area contributed by atoms with Crippen molar-refractivity contribution in [1.82, 2.24) is 0 Å². The maximum Gasteiger partial charge on any atom is 0.0854 e. The fraction of sp³-hybridized carbons (Fsp3) is 0.500. The van der Waals surface area contributed by atoms with E-state index in [1.807, 2.05) is 0 Å². The highest BCUT2D eigenvalue weighted by molar-refractivity contribution is 5.41. The highest BCUT2D eigenvalue weighted by Gasteiger charge is 2.31. The van der Waals surface area contributed by atoms with Crippen molar-refractivity contribution < 1.29 is 20.1 Å². The van der Waals surface area contributed by atoms with Crippen LogP contribution in [-0.4, -0.2) is 40.7 Å². The maximum atomic E-state index is 10.2. The van der Waals surface area contributed by atoms with Crippen LogP contribution in [0, 0.1) is 24.2 Å². The van der Waals surface area contributed by atoms with Crippen LogP contribution in [-0.2, 0) is 11.2 Å². The lowest BCUT2D eigenvalue weighted by atomic mass is 9.88. The average Bonchev–Trinajstić information content (AvgIpc) is 3.29. The molecule has 1 aliphatic heterocycles. The number of aliphatic hydroxyl groups excluding tert-OH is 3. The lowest BCUT2D eigenvalue weighted by molar-refractivity contribution is -0.113. The van der Waals surface area contributed by atoms with Gasteiger partial charge in [-0.25, -0.2) is 0 Å². The largest absolute Gasteiger partial charge is 0.395 e. The van der Waals surface area contributed by atoms with Gasteiger partial charge in [0.05, 0.1) is 36.9 Å². The summed E-state index contributed by atoms with van der Waals surface area (Å²) in [5.41, 5.74) is 5.50. The molecule has 0 bridgehead atoms. The Bertz CT molecular complexity index is 963. The predicted molar refractivity (Wildman–Crippen MR) is 125 cm³/mol. The Kier molecular flexibility index (Phi) is 7.33. The summed E-state index contributed by atoms with van der Waals surface area (Å²) in [6.07, 6.45) is 5.19. The van der Waals surface area contributed by atoms with Crippen molar-refractivity contribution in [3.05, 3.63) is 70.3 Å². The Labute approximate surface area is 191 Å². The first kappa shape index (κ1) is 23.0. The first-order chi connectivity index (χ1) is 15.5. The van der Waals surface area contributed by atoms with E-state index in [0.717, 1.165) is 43.2 Å². The predicted octanol–water partition coefficient (Wildman–Crippen LogP) is 4.06. The average molecular weight is 435 g/mol. The van der Waals surface area contributed by atoms with E-state index in [9.17, 15) is 15.3 Å². The van der Waals surface area contributed by atoms with Gasteiger partial charge in [0.25, 0.3) is 0 Å². The lowest BCUT2D eigenvalue weighted by Gasteiger charge is -2.32. The number of benzene rings is 2. The third-order valence-corrected chi connectivity index (χ3v) is 7.01. The molecular weight excluding hydrogens is 400 g/mol. The molecule has 2 aliphatic rings. The van der Waals surface area contributed by atoms with Gasteiger partial charge in [-0.3, -0.25) is 0 Å². The summed E-state index contributed by atoms with van der Waals surface area (Å²) in [6, 6.07) is 14.7. The highest BCUT2D eigenvalue weighted by atomic mass is 16.5. The molecule has 1 heterocycles. The Morgan fingerprint density at radius 3 is 2.47 bits per heavy atom. The molecule has 1 saturated heterocycles. The fourth-order valence-electron chi connectivity index (χ4n) is 4.91. The molecule has 4 rings (SSSR count). The SMILES string of the molecule is Cc1ccc([C@H]2C[C@@H](O)C[C@@H](CO)O2)cc1Cc1ccc(C#CC2(CO)CCCC2)cc1. The van der Waals surface area contributed by atoms with Gasteiger partial charge in [-0.05, 0) is 60.6 Å². The van der Waals surface area contributed by atoms with E-state index in [-0.39, 0.29) is 30.8 Å². The highest BCUT2D eigenvalue weighted by Crippen LogP contribution is 2.37. The second-order valence-electron chi connectivity index (χ2n) is 9.51. The van der Waals surface area contributed by atoms with E-state index in [1.54, 1.807) is 0 Å². The number of aryl methyl sites for hydroxylation is 1. The molecule has 3 N–H and O–H groups in total. The zero-order chi connectivity index (χ0) is 22.6. The van der Waals surface area contributed by atoms with Gasteiger partial charge in [0.1, 0.15) is 0 Å². The van der Waals surface area contributed by atoms with Gasteiger partial charge in [0.2, 0.25) is 0 Å². The maximum absolute atomic E-state index is 10.2. The molecule has 3 atom stereocenters. The Morgan fingerprint density at radius 2 is 1.78 bits per heavy atom. The monoisotopic (exact) mass is 434 g/mol. The van der Waals surface area contributed by atoms with E-state index in [1.165, 1.54) is 16.7 Å². The summed E-state index contributed by atoms with van der Waals surface area (Å²) in [4.78, 5) is 0. The van der Waals surface area contributed by atoms with E-state index in [2.05, 4.69) is 61.2 Å².